The molecule has 0 unspecified atom stereocenters. The van der Waals surface area contributed by atoms with Gasteiger partial charge in [0.2, 0.25) is 5.91 Å². The first-order chi connectivity index (χ1) is 11.2. The molecule has 1 saturated carbocycles. The molecule has 1 aromatic rings. The third-order valence-corrected chi connectivity index (χ3v) is 4.66. The summed E-state index contributed by atoms with van der Waals surface area (Å²) in [4.78, 5) is 26.1. The molecule has 2 aliphatic rings. The average Bonchev–Trinajstić information content (AvgIpc) is 3.40. The molecule has 0 spiro atoms. The molecule has 5 heteroatoms. The van der Waals surface area contributed by atoms with Gasteiger partial charge in [-0.2, -0.15) is 0 Å². The van der Waals surface area contributed by atoms with E-state index in [2.05, 4.69) is 23.6 Å². The Balaban J connectivity index is 1.44. The smallest absolute Gasteiger partial charge is 0.319 e. The maximum Gasteiger partial charge on any atom is 0.319 e. The van der Waals surface area contributed by atoms with Crippen LogP contribution in [0.2, 0.25) is 0 Å². The Bertz CT molecular complexity index is 575. The van der Waals surface area contributed by atoms with Gasteiger partial charge in [-0.1, -0.05) is 19.1 Å². The Morgan fingerprint density at radius 1 is 1.17 bits per heavy atom. The summed E-state index contributed by atoms with van der Waals surface area (Å²) in [5.74, 6) is 0.595. The van der Waals surface area contributed by atoms with Gasteiger partial charge in [-0.25, -0.2) is 4.79 Å². The normalized spacial score (nSPS) is 18.6. The van der Waals surface area contributed by atoms with Crippen LogP contribution in [0, 0.1) is 5.92 Å². The van der Waals surface area contributed by atoms with E-state index in [0.29, 0.717) is 5.91 Å². The summed E-state index contributed by atoms with van der Waals surface area (Å²) in [7, 11) is 0. The molecule has 2 fully saturated rings. The first kappa shape index (κ1) is 15.8. The van der Waals surface area contributed by atoms with Gasteiger partial charge in [0.15, 0.2) is 0 Å². The second-order valence-electron chi connectivity index (χ2n) is 6.53. The highest BCUT2D eigenvalue weighted by Gasteiger charge is 2.35. The van der Waals surface area contributed by atoms with E-state index in [1.807, 2.05) is 23.1 Å². The standard InChI is InChI=1S/C18H25N3O2/c1-2-13-4-3-5-16(12-13)20-18(23)19-15-8-10-21(11-9-15)17(22)14-6-7-14/h3-5,12,14-15H,2,6-11H2,1H3,(H2,19,20,23). The zero-order chi connectivity index (χ0) is 16.2. The Kier molecular flexibility index (Phi) is 4.84. The van der Waals surface area contributed by atoms with Crippen molar-refractivity contribution in [2.75, 3.05) is 18.4 Å². The fourth-order valence-electron chi connectivity index (χ4n) is 3.05. The van der Waals surface area contributed by atoms with Crippen LogP contribution in [-0.2, 0) is 11.2 Å². The SMILES string of the molecule is CCc1cccc(NC(=O)NC2CCN(C(=O)C3CC3)CC2)c1. The molecule has 0 radical (unpaired) electrons. The number of carbonyl (C=O) groups is 2. The lowest BCUT2D eigenvalue weighted by atomic mass is 10.0. The molecular formula is C18H25N3O2. The maximum atomic E-state index is 12.1. The molecule has 1 aliphatic heterocycles. The first-order valence-electron chi connectivity index (χ1n) is 8.61. The van der Waals surface area contributed by atoms with Crippen LogP contribution in [0.25, 0.3) is 0 Å². The molecule has 2 N–H and O–H groups in total. The lowest BCUT2D eigenvalue weighted by molar-refractivity contribution is -0.133. The van der Waals surface area contributed by atoms with Gasteiger partial charge in [0.25, 0.3) is 0 Å². The molecule has 0 aromatic heterocycles. The lowest BCUT2D eigenvalue weighted by Gasteiger charge is -2.32. The molecule has 5 nitrogen and oxygen atoms in total. The molecule has 3 rings (SSSR count). The number of aryl methyl sites for hydroxylation is 1. The van der Waals surface area contributed by atoms with Gasteiger partial charge in [0, 0.05) is 30.7 Å². The summed E-state index contributed by atoms with van der Waals surface area (Å²) in [6, 6.07) is 7.89. The molecular weight excluding hydrogens is 290 g/mol. The number of carbonyl (C=O) groups excluding carboxylic acids is 2. The molecule has 23 heavy (non-hydrogen) atoms. The summed E-state index contributed by atoms with van der Waals surface area (Å²) in [6.07, 6.45) is 4.72. The number of hydrogen-bond acceptors (Lipinski definition) is 2. The maximum absolute atomic E-state index is 12.1. The van der Waals surface area contributed by atoms with Crippen LogP contribution in [0.1, 0.15) is 38.2 Å². The van der Waals surface area contributed by atoms with E-state index in [9.17, 15) is 9.59 Å². The van der Waals surface area contributed by atoms with Crippen molar-refractivity contribution < 1.29 is 9.59 Å². The second kappa shape index (κ2) is 7.02. The predicted octanol–water partition coefficient (Wildman–Crippen LogP) is 2.77. The van der Waals surface area contributed by atoms with E-state index in [4.69, 9.17) is 0 Å². The van der Waals surface area contributed by atoms with E-state index in [1.54, 1.807) is 0 Å². The summed E-state index contributed by atoms with van der Waals surface area (Å²) in [6.45, 7) is 3.60. The number of nitrogens with one attached hydrogen (secondary N) is 2. The molecule has 3 amide bonds. The zero-order valence-corrected chi connectivity index (χ0v) is 13.7. The van der Waals surface area contributed by atoms with Crippen molar-refractivity contribution in [1.82, 2.24) is 10.2 Å². The number of anilines is 1. The number of piperidine rings is 1. The minimum atomic E-state index is -0.162. The van der Waals surface area contributed by atoms with Crippen molar-refractivity contribution in [3.05, 3.63) is 29.8 Å². The van der Waals surface area contributed by atoms with Crippen molar-refractivity contribution in [1.29, 1.82) is 0 Å². The number of amides is 3. The first-order valence-corrected chi connectivity index (χ1v) is 8.61. The van der Waals surface area contributed by atoms with Gasteiger partial charge in [0.05, 0.1) is 0 Å². The van der Waals surface area contributed by atoms with Crippen molar-refractivity contribution in [3.8, 4) is 0 Å². The van der Waals surface area contributed by atoms with Crippen LogP contribution in [0.15, 0.2) is 24.3 Å². The summed E-state index contributed by atoms with van der Waals surface area (Å²) < 4.78 is 0. The third-order valence-electron chi connectivity index (χ3n) is 4.66. The Hall–Kier alpha value is -2.04. The van der Waals surface area contributed by atoms with E-state index in [1.165, 1.54) is 5.56 Å². The number of hydrogen-bond donors (Lipinski definition) is 2. The molecule has 0 bridgehead atoms. The van der Waals surface area contributed by atoms with Crippen molar-refractivity contribution in [2.45, 2.75) is 45.1 Å². The van der Waals surface area contributed by atoms with E-state index in [-0.39, 0.29) is 18.0 Å². The van der Waals surface area contributed by atoms with Gasteiger partial charge in [0.1, 0.15) is 0 Å². The van der Waals surface area contributed by atoms with Crippen LogP contribution in [0.4, 0.5) is 10.5 Å². The molecule has 1 heterocycles. The van der Waals surface area contributed by atoms with Gasteiger partial charge < -0.3 is 15.5 Å². The van der Waals surface area contributed by atoms with Crippen LogP contribution in [-0.4, -0.2) is 36.0 Å². The van der Waals surface area contributed by atoms with Crippen LogP contribution < -0.4 is 10.6 Å². The quantitative estimate of drug-likeness (QED) is 0.897. The number of benzene rings is 1. The number of likely N-dealkylation sites (tertiary alicyclic amines) is 1. The van der Waals surface area contributed by atoms with Crippen LogP contribution in [0.3, 0.4) is 0 Å². The summed E-state index contributed by atoms with van der Waals surface area (Å²) in [5.41, 5.74) is 2.03. The van der Waals surface area contributed by atoms with E-state index in [0.717, 1.165) is 50.9 Å². The van der Waals surface area contributed by atoms with Crippen LogP contribution in [0.5, 0.6) is 0 Å². The van der Waals surface area contributed by atoms with Crippen LogP contribution >= 0.6 is 0 Å². The monoisotopic (exact) mass is 315 g/mol. The number of urea groups is 1. The summed E-state index contributed by atoms with van der Waals surface area (Å²) >= 11 is 0. The fourth-order valence-corrected chi connectivity index (χ4v) is 3.05. The molecule has 124 valence electrons. The highest BCUT2D eigenvalue weighted by molar-refractivity contribution is 5.89. The minimum Gasteiger partial charge on any atom is -0.342 e. The minimum absolute atomic E-state index is 0.146. The topological polar surface area (TPSA) is 61.4 Å². The van der Waals surface area contributed by atoms with Gasteiger partial charge in [-0.15, -0.1) is 0 Å². The molecule has 0 atom stereocenters. The number of rotatable bonds is 4. The number of nitrogens with zero attached hydrogens (tertiary/aromatic N) is 1. The second-order valence-corrected chi connectivity index (χ2v) is 6.53. The van der Waals surface area contributed by atoms with E-state index >= 15 is 0 Å². The Morgan fingerprint density at radius 2 is 1.91 bits per heavy atom. The molecule has 1 aliphatic carbocycles. The lowest BCUT2D eigenvalue weighted by Crippen LogP contribution is -2.47. The Labute approximate surface area is 137 Å². The zero-order valence-electron chi connectivity index (χ0n) is 13.7. The van der Waals surface area contributed by atoms with Crippen molar-refractivity contribution in [3.63, 3.8) is 0 Å². The average molecular weight is 315 g/mol. The van der Waals surface area contributed by atoms with E-state index < -0.39 is 0 Å². The molecule has 1 saturated heterocycles. The molecule has 1 aromatic carbocycles. The predicted molar refractivity (Wildman–Crippen MR) is 90.3 cm³/mol. The third kappa shape index (κ3) is 4.24. The van der Waals surface area contributed by atoms with Crippen molar-refractivity contribution >= 4 is 17.6 Å². The van der Waals surface area contributed by atoms with Gasteiger partial charge in [-0.3, -0.25) is 4.79 Å². The summed E-state index contributed by atoms with van der Waals surface area (Å²) in [5, 5.41) is 5.92. The van der Waals surface area contributed by atoms with Crippen molar-refractivity contribution in [2.24, 2.45) is 5.92 Å². The highest BCUT2D eigenvalue weighted by atomic mass is 16.2. The van der Waals surface area contributed by atoms with Gasteiger partial charge in [-0.05, 0) is 49.8 Å². The largest absolute Gasteiger partial charge is 0.342 e. The van der Waals surface area contributed by atoms with Gasteiger partial charge >= 0.3 is 6.03 Å². The fraction of sp³-hybridized carbons (Fsp3) is 0.556. The Morgan fingerprint density at radius 3 is 2.57 bits per heavy atom. The highest BCUT2D eigenvalue weighted by Crippen LogP contribution is 2.31.